The van der Waals surface area contributed by atoms with Gasteiger partial charge in [-0.05, 0) is 30.2 Å². The zero-order chi connectivity index (χ0) is 23.5. The Hall–Kier alpha value is -3.98. The molecule has 34 heavy (non-hydrogen) atoms. The van der Waals surface area contributed by atoms with E-state index < -0.39 is 6.04 Å². The molecule has 3 N–H and O–H groups in total. The molecule has 5 rings (SSSR count). The number of aliphatic hydroxyl groups is 1. The van der Waals surface area contributed by atoms with Gasteiger partial charge in [-0.1, -0.05) is 30.3 Å². The molecule has 1 aliphatic heterocycles. The quantitative estimate of drug-likeness (QED) is 0.391. The molecule has 0 bridgehead atoms. The first-order valence-electron chi connectivity index (χ1n) is 11.3. The number of benzene rings is 1. The topological polar surface area (TPSA) is 110 Å². The van der Waals surface area contributed by atoms with Gasteiger partial charge in [0, 0.05) is 38.6 Å². The van der Waals surface area contributed by atoms with Gasteiger partial charge in [-0.25, -0.2) is 15.0 Å². The summed E-state index contributed by atoms with van der Waals surface area (Å²) < 4.78 is 0. The van der Waals surface area contributed by atoms with Crippen LogP contribution in [0.15, 0.2) is 67.3 Å². The molecule has 9 nitrogen and oxygen atoms in total. The predicted molar refractivity (Wildman–Crippen MR) is 131 cm³/mol. The Labute approximate surface area is 197 Å². The van der Waals surface area contributed by atoms with Crippen LogP contribution >= 0.6 is 0 Å². The van der Waals surface area contributed by atoms with Crippen molar-refractivity contribution in [1.82, 2.24) is 25.3 Å². The number of fused-ring (bicyclic) bond motifs is 1. The van der Waals surface area contributed by atoms with E-state index in [-0.39, 0.29) is 18.6 Å². The van der Waals surface area contributed by atoms with Gasteiger partial charge in [-0.3, -0.25) is 4.79 Å². The molecule has 2 atom stereocenters. The number of pyridine rings is 1. The second-order valence-corrected chi connectivity index (χ2v) is 8.46. The number of carbonyl (C=O) groups excluding carboxylic acids is 1. The molecule has 0 unspecified atom stereocenters. The van der Waals surface area contributed by atoms with Crippen molar-refractivity contribution in [3.63, 3.8) is 0 Å². The summed E-state index contributed by atoms with van der Waals surface area (Å²) in [5.41, 5.74) is 2.15. The lowest BCUT2D eigenvalue weighted by atomic mass is 10.1. The van der Waals surface area contributed by atoms with Gasteiger partial charge in [0.2, 0.25) is 0 Å². The molecule has 0 aliphatic carbocycles. The van der Waals surface area contributed by atoms with Crippen LogP contribution in [0.1, 0.15) is 28.4 Å². The summed E-state index contributed by atoms with van der Waals surface area (Å²) in [7, 11) is 2.03. The highest BCUT2D eigenvalue weighted by Gasteiger charge is 2.28. The number of nitrogens with zero attached hydrogens (tertiary/aromatic N) is 5. The molecule has 4 heterocycles. The molecule has 1 saturated heterocycles. The maximum Gasteiger partial charge on any atom is 0.253 e. The van der Waals surface area contributed by atoms with Crippen molar-refractivity contribution in [2.45, 2.75) is 18.5 Å². The second-order valence-electron chi connectivity index (χ2n) is 8.46. The molecule has 0 saturated carbocycles. The number of rotatable bonds is 7. The lowest BCUT2D eigenvalue weighted by Gasteiger charge is -2.26. The third kappa shape index (κ3) is 4.29. The number of aliphatic hydroxyl groups excluding tert-OH is 1. The number of amides is 1. The molecule has 0 spiro atoms. The molecule has 4 aromatic rings. The molecule has 1 aliphatic rings. The summed E-state index contributed by atoms with van der Waals surface area (Å²) >= 11 is 0. The number of likely N-dealkylation sites (N-methyl/N-ethyl adjacent to an activating group) is 1. The number of hydrogen-bond donors (Lipinski definition) is 3. The Morgan fingerprint density at radius 2 is 2.06 bits per heavy atom. The van der Waals surface area contributed by atoms with Gasteiger partial charge in [0.15, 0.2) is 0 Å². The van der Waals surface area contributed by atoms with Crippen molar-refractivity contribution in [2.24, 2.45) is 0 Å². The third-order valence-corrected chi connectivity index (χ3v) is 6.40. The van der Waals surface area contributed by atoms with Crippen molar-refractivity contribution in [1.29, 1.82) is 0 Å². The van der Waals surface area contributed by atoms with Crippen LogP contribution < -0.4 is 15.1 Å². The van der Waals surface area contributed by atoms with Gasteiger partial charge in [0.1, 0.15) is 23.6 Å². The van der Waals surface area contributed by atoms with E-state index in [0.717, 1.165) is 47.7 Å². The Bertz CT molecular complexity index is 1260. The van der Waals surface area contributed by atoms with Crippen LogP contribution in [0.25, 0.3) is 11.0 Å². The van der Waals surface area contributed by atoms with Gasteiger partial charge in [0.05, 0.1) is 23.6 Å². The minimum atomic E-state index is -0.464. The number of hydrogen-bond acceptors (Lipinski definition) is 7. The minimum Gasteiger partial charge on any atom is -0.394 e. The fraction of sp³-hybridized carbons (Fsp3) is 0.280. The van der Waals surface area contributed by atoms with E-state index >= 15 is 0 Å². The molecular weight excluding hydrogens is 430 g/mol. The van der Waals surface area contributed by atoms with Crippen molar-refractivity contribution in [3.8, 4) is 0 Å². The average molecular weight is 458 g/mol. The lowest BCUT2D eigenvalue weighted by Crippen LogP contribution is -2.35. The maximum absolute atomic E-state index is 12.7. The van der Waals surface area contributed by atoms with Gasteiger partial charge >= 0.3 is 0 Å². The molecule has 9 heteroatoms. The molecule has 0 radical (unpaired) electrons. The standard InChI is InChI=1S/C25H27N7O2/c1-31(19-10-12-32(14-19)24-20-9-11-26-23(20)28-16-29-24)22-8-7-18(13-27-22)25(34)30-21(15-33)17-5-3-2-4-6-17/h2-9,11,13,16,19,21,33H,10,12,14-15H2,1H3,(H,30,34)(H,26,28,29)/t19-,21+/m1/s1. The lowest BCUT2D eigenvalue weighted by molar-refractivity contribution is 0.0916. The van der Waals surface area contributed by atoms with E-state index in [9.17, 15) is 9.90 Å². The summed E-state index contributed by atoms with van der Waals surface area (Å²) in [5, 5.41) is 13.6. The highest BCUT2D eigenvalue weighted by molar-refractivity contribution is 5.94. The summed E-state index contributed by atoms with van der Waals surface area (Å²) in [6.07, 6.45) is 6.04. The van der Waals surface area contributed by atoms with Crippen molar-refractivity contribution in [2.75, 3.05) is 36.5 Å². The van der Waals surface area contributed by atoms with Crippen molar-refractivity contribution >= 4 is 28.6 Å². The largest absolute Gasteiger partial charge is 0.394 e. The monoisotopic (exact) mass is 457 g/mol. The zero-order valence-electron chi connectivity index (χ0n) is 18.9. The highest BCUT2D eigenvalue weighted by atomic mass is 16.3. The third-order valence-electron chi connectivity index (χ3n) is 6.40. The second kappa shape index (κ2) is 9.48. The van der Waals surface area contributed by atoms with Gasteiger partial charge < -0.3 is 25.2 Å². The van der Waals surface area contributed by atoms with Crippen molar-refractivity contribution < 1.29 is 9.90 Å². The normalized spacial score (nSPS) is 16.5. The molecular formula is C25H27N7O2. The first kappa shape index (κ1) is 21.8. The van der Waals surface area contributed by atoms with E-state index in [1.165, 1.54) is 0 Å². The molecule has 3 aromatic heterocycles. The van der Waals surface area contributed by atoms with Crippen molar-refractivity contribution in [3.05, 3.63) is 78.4 Å². The fourth-order valence-electron chi connectivity index (χ4n) is 4.44. The number of nitrogens with one attached hydrogen (secondary N) is 2. The van der Waals surface area contributed by atoms with E-state index in [1.807, 2.05) is 55.7 Å². The summed E-state index contributed by atoms with van der Waals surface area (Å²) in [6, 6.07) is 14.9. The number of aromatic nitrogens is 4. The minimum absolute atomic E-state index is 0.177. The molecule has 174 valence electrons. The Kier molecular flexibility index (Phi) is 6.09. The smallest absolute Gasteiger partial charge is 0.253 e. The highest BCUT2D eigenvalue weighted by Crippen LogP contribution is 2.28. The van der Waals surface area contributed by atoms with E-state index in [1.54, 1.807) is 18.6 Å². The first-order valence-corrected chi connectivity index (χ1v) is 11.3. The zero-order valence-corrected chi connectivity index (χ0v) is 18.9. The van der Waals surface area contributed by atoms with Gasteiger partial charge in [-0.15, -0.1) is 0 Å². The Morgan fingerprint density at radius 1 is 1.21 bits per heavy atom. The van der Waals surface area contributed by atoms with Crippen LogP contribution in [0.3, 0.4) is 0 Å². The maximum atomic E-state index is 12.7. The Morgan fingerprint density at radius 3 is 2.82 bits per heavy atom. The average Bonchev–Trinajstić information content (AvgIpc) is 3.57. The summed E-state index contributed by atoms with van der Waals surface area (Å²) in [5.74, 6) is 1.48. The first-order chi connectivity index (χ1) is 16.6. The molecule has 1 amide bonds. The van der Waals surface area contributed by atoms with E-state index in [4.69, 9.17) is 0 Å². The van der Waals surface area contributed by atoms with Crippen LogP contribution in [0, 0.1) is 0 Å². The number of carbonyl (C=O) groups is 1. The van der Waals surface area contributed by atoms with Crippen LogP contribution in [0.5, 0.6) is 0 Å². The van der Waals surface area contributed by atoms with Crippen LogP contribution in [-0.4, -0.2) is 63.7 Å². The number of anilines is 2. The summed E-state index contributed by atoms with van der Waals surface area (Å²) in [4.78, 5) is 33.6. The van der Waals surface area contributed by atoms with E-state index in [0.29, 0.717) is 5.56 Å². The molecule has 1 aromatic carbocycles. The predicted octanol–water partition coefficient (Wildman–Crippen LogP) is 2.53. The van der Waals surface area contributed by atoms with Gasteiger partial charge in [-0.2, -0.15) is 0 Å². The molecule has 1 fully saturated rings. The number of aromatic amines is 1. The van der Waals surface area contributed by atoms with E-state index in [2.05, 4.69) is 35.1 Å². The van der Waals surface area contributed by atoms with Crippen LogP contribution in [0.4, 0.5) is 11.6 Å². The summed E-state index contributed by atoms with van der Waals surface area (Å²) in [6.45, 7) is 1.55. The Balaban J connectivity index is 1.24. The van der Waals surface area contributed by atoms with Gasteiger partial charge in [0.25, 0.3) is 5.91 Å². The fourth-order valence-corrected chi connectivity index (χ4v) is 4.44. The number of H-pyrrole nitrogens is 1. The van der Waals surface area contributed by atoms with Crippen LogP contribution in [0.2, 0.25) is 0 Å². The SMILES string of the molecule is CN(c1ccc(C(=O)N[C@@H](CO)c2ccccc2)cn1)[C@@H]1CCN(c2ncnc3[nH]ccc23)C1. The van der Waals surface area contributed by atoms with Crippen LogP contribution in [-0.2, 0) is 0 Å².